The van der Waals surface area contributed by atoms with Crippen LogP contribution in [-0.4, -0.2) is 37.7 Å². The average Bonchev–Trinajstić information content (AvgIpc) is 3.09. The molecule has 94 valence electrons. The van der Waals surface area contributed by atoms with E-state index in [1.165, 1.54) is 0 Å². The number of aromatic nitrogens is 4. The fourth-order valence-electron chi connectivity index (χ4n) is 2.51. The van der Waals surface area contributed by atoms with Crippen LogP contribution >= 0.6 is 0 Å². The van der Waals surface area contributed by atoms with Crippen molar-refractivity contribution < 1.29 is 4.79 Å². The van der Waals surface area contributed by atoms with E-state index in [0.29, 0.717) is 5.56 Å². The van der Waals surface area contributed by atoms with Gasteiger partial charge in [0.15, 0.2) is 0 Å². The summed E-state index contributed by atoms with van der Waals surface area (Å²) < 4.78 is 0. The lowest BCUT2D eigenvalue weighted by Crippen LogP contribution is -2.31. The first-order valence-corrected chi connectivity index (χ1v) is 6.07. The van der Waals surface area contributed by atoms with Gasteiger partial charge in [-0.15, -0.1) is 0 Å². The van der Waals surface area contributed by atoms with Crippen LogP contribution < -0.4 is 0 Å². The zero-order chi connectivity index (χ0) is 12.5. The van der Waals surface area contributed by atoms with Crippen LogP contribution in [0.25, 0.3) is 0 Å². The number of carbonyl (C=O) groups excluding carboxylic acids is 1. The van der Waals surface area contributed by atoms with Crippen molar-refractivity contribution in [1.82, 2.24) is 25.3 Å². The Bertz CT molecular complexity index is 545. The fourth-order valence-corrected chi connectivity index (χ4v) is 2.51. The number of rotatable bonds is 2. The molecule has 0 unspecified atom stereocenters. The van der Waals surface area contributed by atoms with Crippen LogP contribution in [0.4, 0.5) is 0 Å². The molecule has 1 amide bonds. The molecule has 3 heterocycles. The number of nitrogens with zero attached hydrogens (tertiary/aromatic N) is 3. The largest absolute Gasteiger partial charge is 0.330 e. The highest BCUT2D eigenvalue weighted by atomic mass is 16.2. The molecule has 1 fully saturated rings. The van der Waals surface area contributed by atoms with E-state index in [1.807, 2.05) is 17.9 Å². The Balaban J connectivity index is 1.88. The van der Waals surface area contributed by atoms with Crippen molar-refractivity contribution in [3.8, 4) is 0 Å². The van der Waals surface area contributed by atoms with Crippen molar-refractivity contribution in [2.24, 2.45) is 0 Å². The van der Waals surface area contributed by atoms with Crippen LogP contribution in [0.5, 0.6) is 0 Å². The number of nitrogens with one attached hydrogen (secondary N) is 2. The molecular weight excluding hydrogens is 230 g/mol. The first-order valence-electron chi connectivity index (χ1n) is 6.07. The highest BCUT2D eigenvalue weighted by molar-refractivity contribution is 5.95. The Morgan fingerprint density at radius 2 is 2.33 bits per heavy atom. The molecule has 2 N–H and O–H groups in total. The molecule has 6 heteroatoms. The van der Waals surface area contributed by atoms with Crippen LogP contribution in [0.1, 0.15) is 40.6 Å². The Kier molecular flexibility index (Phi) is 2.62. The second-order valence-corrected chi connectivity index (χ2v) is 4.58. The minimum absolute atomic E-state index is 0.0401. The molecular formula is C12H15N5O. The number of hydrogen-bond donors (Lipinski definition) is 2. The smallest absolute Gasteiger partial charge is 0.257 e. The van der Waals surface area contributed by atoms with E-state index in [0.717, 1.165) is 30.8 Å². The lowest BCUT2D eigenvalue weighted by atomic mass is 10.1. The van der Waals surface area contributed by atoms with E-state index in [1.54, 1.807) is 12.4 Å². The maximum Gasteiger partial charge on any atom is 0.257 e. The van der Waals surface area contributed by atoms with E-state index in [4.69, 9.17) is 0 Å². The summed E-state index contributed by atoms with van der Waals surface area (Å²) in [5.41, 5.74) is 2.47. The predicted molar refractivity (Wildman–Crippen MR) is 64.9 cm³/mol. The summed E-state index contributed by atoms with van der Waals surface area (Å²) in [6.45, 7) is 2.65. The van der Waals surface area contributed by atoms with Crippen LogP contribution in [0.15, 0.2) is 18.5 Å². The van der Waals surface area contributed by atoms with E-state index >= 15 is 0 Å². The lowest BCUT2D eigenvalue weighted by Gasteiger charge is -2.23. The van der Waals surface area contributed by atoms with Gasteiger partial charge in [0.1, 0.15) is 0 Å². The maximum absolute atomic E-state index is 12.5. The second-order valence-electron chi connectivity index (χ2n) is 4.58. The van der Waals surface area contributed by atoms with Gasteiger partial charge in [0.25, 0.3) is 5.91 Å². The first-order chi connectivity index (χ1) is 8.77. The molecule has 0 spiro atoms. The third-order valence-electron chi connectivity index (χ3n) is 3.46. The average molecular weight is 245 g/mol. The number of likely N-dealkylation sites (tertiary alicyclic amines) is 1. The number of aryl methyl sites for hydroxylation is 1. The van der Waals surface area contributed by atoms with Gasteiger partial charge >= 0.3 is 0 Å². The zero-order valence-electron chi connectivity index (χ0n) is 10.2. The standard InChI is InChI=1S/C12H15N5O/c1-8-9(7-14-15-8)12(18)17-6-2-3-11(17)10-4-5-13-16-10/h4-5,7,11H,2-3,6H2,1H3,(H,13,16)(H,14,15)/t11-/m0/s1. The molecule has 1 aliphatic rings. The van der Waals surface area contributed by atoms with Gasteiger partial charge in [-0.2, -0.15) is 10.2 Å². The molecule has 1 aliphatic heterocycles. The summed E-state index contributed by atoms with van der Waals surface area (Å²) in [6, 6.07) is 2.03. The minimum Gasteiger partial charge on any atom is -0.330 e. The molecule has 2 aromatic heterocycles. The molecule has 0 bridgehead atoms. The number of H-pyrrole nitrogens is 2. The normalized spacial score (nSPS) is 19.4. The van der Waals surface area contributed by atoms with Gasteiger partial charge in [-0.25, -0.2) is 0 Å². The zero-order valence-corrected chi connectivity index (χ0v) is 10.2. The van der Waals surface area contributed by atoms with Crippen molar-refractivity contribution in [1.29, 1.82) is 0 Å². The van der Waals surface area contributed by atoms with Crippen molar-refractivity contribution in [3.63, 3.8) is 0 Å². The SMILES string of the molecule is Cc1[nH]ncc1C(=O)N1CCC[C@H]1c1ccn[nH]1. The summed E-state index contributed by atoms with van der Waals surface area (Å²) in [4.78, 5) is 14.4. The summed E-state index contributed by atoms with van der Waals surface area (Å²) in [5, 5.41) is 13.6. The predicted octanol–water partition coefficient (Wildman–Crippen LogP) is 1.42. The second kappa shape index (κ2) is 4.29. The molecule has 18 heavy (non-hydrogen) atoms. The number of hydrogen-bond acceptors (Lipinski definition) is 3. The van der Waals surface area contributed by atoms with Gasteiger partial charge in [0.05, 0.1) is 23.5 Å². The Morgan fingerprint density at radius 3 is 3.00 bits per heavy atom. The Hall–Kier alpha value is -2.11. The third kappa shape index (κ3) is 1.70. The van der Waals surface area contributed by atoms with Crippen LogP contribution in [0.3, 0.4) is 0 Å². The molecule has 3 rings (SSSR count). The fraction of sp³-hybridized carbons (Fsp3) is 0.417. The minimum atomic E-state index is 0.0401. The van der Waals surface area contributed by atoms with Gasteiger partial charge in [0, 0.05) is 18.4 Å². The number of carbonyl (C=O) groups is 1. The molecule has 0 aromatic carbocycles. The third-order valence-corrected chi connectivity index (χ3v) is 3.46. The summed E-state index contributed by atoms with van der Waals surface area (Å²) in [7, 11) is 0. The number of amides is 1. The van der Waals surface area contributed by atoms with Gasteiger partial charge < -0.3 is 4.90 Å². The first kappa shape index (κ1) is 11.0. The van der Waals surface area contributed by atoms with E-state index in [-0.39, 0.29) is 11.9 Å². The van der Waals surface area contributed by atoms with Gasteiger partial charge in [-0.1, -0.05) is 0 Å². The monoisotopic (exact) mass is 245 g/mol. The summed E-state index contributed by atoms with van der Waals surface area (Å²) in [5.74, 6) is 0.0401. The van der Waals surface area contributed by atoms with Crippen molar-refractivity contribution >= 4 is 5.91 Å². The van der Waals surface area contributed by atoms with Gasteiger partial charge in [0.2, 0.25) is 0 Å². The van der Waals surface area contributed by atoms with E-state index in [2.05, 4.69) is 20.4 Å². The van der Waals surface area contributed by atoms with Crippen molar-refractivity contribution in [2.45, 2.75) is 25.8 Å². The highest BCUT2D eigenvalue weighted by Gasteiger charge is 2.32. The summed E-state index contributed by atoms with van der Waals surface area (Å²) in [6.07, 6.45) is 5.32. The Morgan fingerprint density at radius 1 is 1.44 bits per heavy atom. The summed E-state index contributed by atoms with van der Waals surface area (Å²) >= 11 is 0. The maximum atomic E-state index is 12.5. The highest BCUT2D eigenvalue weighted by Crippen LogP contribution is 2.31. The molecule has 0 aliphatic carbocycles. The van der Waals surface area contributed by atoms with E-state index < -0.39 is 0 Å². The van der Waals surface area contributed by atoms with E-state index in [9.17, 15) is 4.79 Å². The van der Waals surface area contributed by atoms with Crippen molar-refractivity contribution in [2.75, 3.05) is 6.54 Å². The van der Waals surface area contributed by atoms with Crippen LogP contribution in [0, 0.1) is 6.92 Å². The Labute approximate surface area is 104 Å². The number of aromatic amines is 2. The quantitative estimate of drug-likeness (QED) is 0.840. The molecule has 1 saturated heterocycles. The molecule has 2 aromatic rings. The molecule has 6 nitrogen and oxygen atoms in total. The topological polar surface area (TPSA) is 77.7 Å². The molecule has 1 atom stereocenters. The van der Waals surface area contributed by atoms with Gasteiger partial charge in [-0.05, 0) is 25.8 Å². The van der Waals surface area contributed by atoms with Gasteiger partial charge in [-0.3, -0.25) is 15.0 Å². The van der Waals surface area contributed by atoms with Crippen LogP contribution in [-0.2, 0) is 0 Å². The molecule has 0 radical (unpaired) electrons. The lowest BCUT2D eigenvalue weighted by molar-refractivity contribution is 0.0732. The molecule has 0 saturated carbocycles. The van der Waals surface area contributed by atoms with Crippen LogP contribution in [0.2, 0.25) is 0 Å². The van der Waals surface area contributed by atoms with Crippen molar-refractivity contribution in [3.05, 3.63) is 35.4 Å².